The zero-order valence-corrected chi connectivity index (χ0v) is 30.2. The molecular formula is C52H32N2O2. The fourth-order valence-electron chi connectivity index (χ4n) is 8.92. The van der Waals surface area contributed by atoms with E-state index in [-0.39, 0.29) is 0 Å². The molecule has 56 heavy (non-hydrogen) atoms. The third-order valence-corrected chi connectivity index (χ3v) is 11.3. The molecule has 10 aromatic carbocycles. The zero-order chi connectivity index (χ0) is 36.7. The van der Waals surface area contributed by atoms with Crippen LogP contribution in [0.2, 0.25) is 0 Å². The minimum atomic E-state index is 0.847. The summed E-state index contributed by atoms with van der Waals surface area (Å²) in [5.41, 5.74) is 9.87. The molecule has 4 heteroatoms. The van der Waals surface area contributed by atoms with Gasteiger partial charge in [0, 0.05) is 78.6 Å². The minimum absolute atomic E-state index is 0.847. The highest BCUT2D eigenvalue weighted by molar-refractivity contribution is 6.39. The molecule has 0 saturated heterocycles. The van der Waals surface area contributed by atoms with E-state index < -0.39 is 0 Å². The van der Waals surface area contributed by atoms with Gasteiger partial charge in [-0.3, -0.25) is 0 Å². The van der Waals surface area contributed by atoms with Gasteiger partial charge in [-0.15, -0.1) is 0 Å². The SMILES string of the molecule is c1ccc(N(c2ccccc2)c2ccc3c(c2)oc2ccc4cc5c6ccc(N(c7ccccc7)c7ccccc7)cc6oc6ccc7cc3c2c4c7c65)cc1. The smallest absolute Gasteiger partial charge is 0.137 e. The van der Waals surface area contributed by atoms with Crippen molar-refractivity contribution in [3.8, 4) is 0 Å². The van der Waals surface area contributed by atoms with Gasteiger partial charge in [0.1, 0.15) is 22.3 Å². The molecule has 4 nitrogen and oxygen atoms in total. The maximum absolute atomic E-state index is 6.86. The number of para-hydroxylation sites is 4. The van der Waals surface area contributed by atoms with Crippen LogP contribution in [0.3, 0.4) is 0 Å². The van der Waals surface area contributed by atoms with E-state index in [1.54, 1.807) is 0 Å². The van der Waals surface area contributed by atoms with Gasteiger partial charge in [0.05, 0.1) is 0 Å². The lowest BCUT2D eigenvalue weighted by Crippen LogP contribution is -2.09. The van der Waals surface area contributed by atoms with Gasteiger partial charge in [-0.05, 0) is 119 Å². The van der Waals surface area contributed by atoms with Crippen LogP contribution in [-0.2, 0) is 0 Å². The zero-order valence-electron chi connectivity index (χ0n) is 30.2. The first kappa shape index (κ1) is 30.9. The van der Waals surface area contributed by atoms with E-state index in [4.69, 9.17) is 8.83 Å². The third kappa shape index (κ3) is 4.60. The van der Waals surface area contributed by atoms with Crippen molar-refractivity contribution in [2.24, 2.45) is 0 Å². The predicted octanol–water partition coefficient (Wildman–Crippen LogP) is 15.3. The molecule has 0 bridgehead atoms. The van der Waals surface area contributed by atoms with Crippen molar-refractivity contribution in [3.63, 3.8) is 0 Å². The van der Waals surface area contributed by atoms with Crippen LogP contribution < -0.4 is 9.80 Å². The molecule has 0 fully saturated rings. The van der Waals surface area contributed by atoms with Crippen molar-refractivity contribution in [2.45, 2.75) is 0 Å². The monoisotopic (exact) mass is 716 g/mol. The van der Waals surface area contributed by atoms with Crippen LogP contribution in [-0.4, -0.2) is 0 Å². The van der Waals surface area contributed by atoms with Gasteiger partial charge in [0.15, 0.2) is 0 Å². The topological polar surface area (TPSA) is 32.8 Å². The summed E-state index contributed by atoms with van der Waals surface area (Å²) in [5, 5.41) is 11.6. The molecule has 2 heterocycles. The lowest BCUT2D eigenvalue weighted by Gasteiger charge is -2.26. The van der Waals surface area contributed by atoms with Crippen LogP contribution in [0.25, 0.3) is 76.2 Å². The fraction of sp³-hybridized carbons (Fsp3) is 0. The molecule has 0 spiro atoms. The van der Waals surface area contributed by atoms with Gasteiger partial charge in [0.25, 0.3) is 0 Å². The Kier molecular flexibility index (Phi) is 6.60. The van der Waals surface area contributed by atoms with E-state index in [9.17, 15) is 0 Å². The van der Waals surface area contributed by atoms with Gasteiger partial charge in [-0.2, -0.15) is 0 Å². The Morgan fingerprint density at radius 2 is 0.607 bits per heavy atom. The summed E-state index contributed by atoms with van der Waals surface area (Å²) in [4.78, 5) is 4.55. The number of rotatable bonds is 6. The van der Waals surface area contributed by atoms with Crippen molar-refractivity contribution < 1.29 is 8.83 Å². The van der Waals surface area contributed by atoms with Crippen molar-refractivity contribution in [1.29, 1.82) is 0 Å². The number of benzene rings is 10. The summed E-state index contributed by atoms with van der Waals surface area (Å²) in [5.74, 6) is 0. The Morgan fingerprint density at radius 1 is 0.250 bits per heavy atom. The first-order valence-corrected chi connectivity index (χ1v) is 19.0. The molecule has 0 aliphatic heterocycles. The third-order valence-electron chi connectivity index (χ3n) is 11.3. The minimum Gasteiger partial charge on any atom is -0.456 e. The largest absolute Gasteiger partial charge is 0.456 e. The van der Waals surface area contributed by atoms with Crippen LogP contribution in [0.5, 0.6) is 0 Å². The van der Waals surface area contributed by atoms with Crippen LogP contribution in [0.4, 0.5) is 34.1 Å². The number of hydrogen-bond donors (Lipinski definition) is 0. The summed E-state index contributed by atoms with van der Waals surface area (Å²) in [6.07, 6.45) is 0. The molecule has 0 radical (unpaired) electrons. The number of anilines is 6. The predicted molar refractivity (Wildman–Crippen MR) is 234 cm³/mol. The quantitative estimate of drug-likeness (QED) is 0.127. The van der Waals surface area contributed by atoms with E-state index >= 15 is 0 Å². The molecule has 0 atom stereocenters. The highest BCUT2D eigenvalue weighted by atomic mass is 16.3. The summed E-state index contributed by atoms with van der Waals surface area (Å²) in [6.45, 7) is 0. The van der Waals surface area contributed by atoms with Crippen molar-refractivity contribution >= 4 is 110 Å². The molecule has 12 aromatic rings. The summed E-state index contributed by atoms with van der Waals surface area (Å²) in [6, 6.07) is 68.6. The van der Waals surface area contributed by atoms with E-state index in [1.807, 2.05) is 0 Å². The van der Waals surface area contributed by atoms with Crippen molar-refractivity contribution in [1.82, 2.24) is 0 Å². The Bertz CT molecular complexity index is 3100. The first-order valence-electron chi connectivity index (χ1n) is 19.0. The average molecular weight is 717 g/mol. The lowest BCUT2D eigenvalue weighted by atomic mass is 9.88. The van der Waals surface area contributed by atoms with Crippen LogP contribution >= 0.6 is 0 Å². The number of hydrogen-bond acceptors (Lipinski definition) is 4. The van der Waals surface area contributed by atoms with Crippen LogP contribution in [0.1, 0.15) is 0 Å². The normalized spacial score (nSPS) is 11.9. The lowest BCUT2D eigenvalue weighted by molar-refractivity contribution is 0.661. The second kappa shape index (κ2) is 12.0. The van der Waals surface area contributed by atoms with Gasteiger partial charge >= 0.3 is 0 Å². The van der Waals surface area contributed by atoms with Crippen molar-refractivity contribution in [2.75, 3.05) is 9.80 Å². The molecule has 262 valence electrons. The van der Waals surface area contributed by atoms with Gasteiger partial charge < -0.3 is 18.6 Å². The average Bonchev–Trinajstić information content (AvgIpc) is 3.26. The fourth-order valence-corrected chi connectivity index (χ4v) is 8.92. The molecule has 0 unspecified atom stereocenters. The molecule has 2 aromatic heterocycles. The molecule has 0 amide bonds. The Balaban J connectivity index is 1.06. The standard InChI is InChI=1S/C52H32N2O2/c1-5-13-35(14-6-1)53(36-15-7-2-8-16-36)39-23-25-41-43-29-33-22-28-46-52-44(30-34-21-27-45(55-47(41)31-39)51(43)49(34)50(33)52)42-26-24-40(32-48(42)56-46)54(37-17-9-3-10-18-37)38-19-11-4-12-20-38/h1-32H. The summed E-state index contributed by atoms with van der Waals surface area (Å²) < 4.78 is 13.7. The van der Waals surface area contributed by atoms with Gasteiger partial charge in [-0.1, -0.05) is 84.9 Å². The summed E-state index contributed by atoms with van der Waals surface area (Å²) >= 11 is 0. The maximum atomic E-state index is 6.86. The Labute approximate surface area is 322 Å². The van der Waals surface area contributed by atoms with E-state index in [2.05, 4.69) is 204 Å². The molecular weight excluding hydrogens is 685 g/mol. The van der Waals surface area contributed by atoms with E-state index in [0.717, 1.165) is 78.0 Å². The van der Waals surface area contributed by atoms with Crippen LogP contribution in [0, 0.1) is 0 Å². The van der Waals surface area contributed by atoms with Gasteiger partial charge in [-0.25, -0.2) is 0 Å². The first-order chi connectivity index (χ1) is 27.8. The highest BCUT2D eigenvalue weighted by Crippen LogP contribution is 2.48. The Morgan fingerprint density at radius 3 is 0.964 bits per heavy atom. The summed E-state index contributed by atoms with van der Waals surface area (Å²) in [7, 11) is 0. The number of fused-ring (bicyclic) bond motifs is 4. The molecule has 12 rings (SSSR count). The second-order valence-electron chi connectivity index (χ2n) is 14.5. The van der Waals surface area contributed by atoms with Gasteiger partial charge in [0.2, 0.25) is 0 Å². The highest BCUT2D eigenvalue weighted by Gasteiger charge is 2.22. The van der Waals surface area contributed by atoms with E-state index in [0.29, 0.717) is 0 Å². The Hall–Kier alpha value is -7.56. The molecule has 0 N–H and O–H groups in total. The van der Waals surface area contributed by atoms with Crippen LogP contribution in [0.15, 0.2) is 203 Å². The number of nitrogens with zero attached hydrogens (tertiary/aromatic N) is 2. The van der Waals surface area contributed by atoms with Crippen molar-refractivity contribution in [3.05, 3.63) is 194 Å². The maximum Gasteiger partial charge on any atom is 0.137 e. The molecule has 0 aliphatic rings. The second-order valence-corrected chi connectivity index (χ2v) is 14.5. The molecule has 0 aliphatic carbocycles. The van der Waals surface area contributed by atoms with E-state index in [1.165, 1.54) is 32.3 Å². The molecule has 0 saturated carbocycles.